The first-order chi connectivity index (χ1) is 5.35. The SMILES string of the molecule is C=C/C=C(/C=C/C=C/C)CC. The molecule has 0 aliphatic rings. The van der Waals surface area contributed by atoms with Gasteiger partial charge in [0.05, 0.1) is 0 Å². The Morgan fingerprint density at radius 3 is 2.55 bits per heavy atom. The summed E-state index contributed by atoms with van der Waals surface area (Å²) in [6, 6.07) is 0. The molecule has 0 heteroatoms. The van der Waals surface area contributed by atoms with E-state index in [-0.39, 0.29) is 0 Å². The van der Waals surface area contributed by atoms with E-state index in [9.17, 15) is 0 Å². The second-order valence-electron chi connectivity index (χ2n) is 2.22. The van der Waals surface area contributed by atoms with Gasteiger partial charge in [-0.1, -0.05) is 50.0 Å². The molecule has 0 saturated carbocycles. The van der Waals surface area contributed by atoms with E-state index in [1.54, 1.807) is 0 Å². The summed E-state index contributed by atoms with van der Waals surface area (Å²) in [4.78, 5) is 0. The average molecular weight is 148 g/mol. The Morgan fingerprint density at radius 2 is 2.09 bits per heavy atom. The monoisotopic (exact) mass is 148 g/mol. The van der Waals surface area contributed by atoms with Crippen molar-refractivity contribution in [1.82, 2.24) is 0 Å². The Morgan fingerprint density at radius 1 is 1.36 bits per heavy atom. The number of rotatable bonds is 4. The predicted octanol–water partition coefficient (Wildman–Crippen LogP) is 3.64. The summed E-state index contributed by atoms with van der Waals surface area (Å²) in [5.41, 5.74) is 1.30. The highest BCUT2D eigenvalue weighted by atomic mass is 13.9. The van der Waals surface area contributed by atoms with Gasteiger partial charge in [0.15, 0.2) is 0 Å². The van der Waals surface area contributed by atoms with Gasteiger partial charge < -0.3 is 0 Å². The van der Waals surface area contributed by atoms with Crippen molar-refractivity contribution in [3.05, 3.63) is 48.6 Å². The third-order valence-corrected chi connectivity index (χ3v) is 1.35. The summed E-state index contributed by atoms with van der Waals surface area (Å²) in [6.45, 7) is 7.79. The highest BCUT2D eigenvalue weighted by Gasteiger charge is 1.81. The number of hydrogen-bond acceptors (Lipinski definition) is 0. The minimum atomic E-state index is 1.06. The Kier molecular flexibility index (Phi) is 6.40. The Labute approximate surface area is 69.6 Å². The van der Waals surface area contributed by atoms with Crippen molar-refractivity contribution in [3.63, 3.8) is 0 Å². The molecule has 0 aromatic carbocycles. The van der Waals surface area contributed by atoms with Gasteiger partial charge in [-0.3, -0.25) is 0 Å². The van der Waals surface area contributed by atoms with Crippen molar-refractivity contribution < 1.29 is 0 Å². The lowest BCUT2D eigenvalue weighted by molar-refractivity contribution is 1.15. The zero-order chi connectivity index (χ0) is 8.53. The summed E-state index contributed by atoms with van der Waals surface area (Å²) in [5, 5.41) is 0. The largest absolute Gasteiger partial charge is 0.0991 e. The quantitative estimate of drug-likeness (QED) is 0.534. The van der Waals surface area contributed by atoms with Gasteiger partial charge in [-0.15, -0.1) is 0 Å². The Balaban J connectivity index is 4.07. The van der Waals surface area contributed by atoms with E-state index in [4.69, 9.17) is 0 Å². The summed E-state index contributed by atoms with van der Waals surface area (Å²) in [7, 11) is 0. The van der Waals surface area contributed by atoms with Gasteiger partial charge in [0, 0.05) is 0 Å². The molecule has 0 spiro atoms. The maximum atomic E-state index is 3.65. The standard InChI is InChI=1S/C11H16/c1-4-7-8-10-11(6-3)9-5-2/h4-5,7-10H,2,6H2,1,3H3/b7-4+,10-8+,11-9+. The van der Waals surface area contributed by atoms with Gasteiger partial charge in [-0.25, -0.2) is 0 Å². The minimum Gasteiger partial charge on any atom is -0.0991 e. The van der Waals surface area contributed by atoms with Gasteiger partial charge in [0.1, 0.15) is 0 Å². The second-order valence-corrected chi connectivity index (χ2v) is 2.22. The fourth-order valence-electron chi connectivity index (χ4n) is 0.733. The first-order valence-electron chi connectivity index (χ1n) is 3.96. The van der Waals surface area contributed by atoms with Crippen LogP contribution in [0.15, 0.2) is 48.6 Å². The van der Waals surface area contributed by atoms with Crippen LogP contribution in [0.5, 0.6) is 0 Å². The molecule has 60 valence electrons. The van der Waals surface area contributed by atoms with Crippen LogP contribution in [0.1, 0.15) is 20.3 Å². The molecule has 0 saturated heterocycles. The molecule has 0 nitrogen and oxygen atoms in total. The Bertz CT molecular complexity index is 180. The van der Waals surface area contributed by atoms with E-state index < -0.39 is 0 Å². The molecule has 0 aromatic heterocycles. The third kappa shape index (κ3) is 5.41. The first-order valence-corrected chi connectivity index (χ1v) is 3.96. The molecule has 0 unspecified atom stereocenters. The van der Waals surface area contributed by atoms with Crippen LogP contribution >= 0.6 is 0 Å². The molecule has 11 heavy (non-hydrogen) atoms. The van der Waals surface area contributed by atoms with Crippen molar-refractivity contribution in [2.75, 3.05) is 0 Å². The van der Waals surface area contributed by atoms with Crippen LogP contribution in [0.25, 0.3) is 0 Å². The molecular formula is C11H16. The highest BCUT2D eigenvalue weighted by Crippen LogP contribution is 2.02. The molecule has 0 bridgehead atoms. The van der Waals surface area contributed by atoms with Crippen molar-refractivity contribution in [1.29, 1.82) is 0 Å². The van der Waals surface area contributed by atoms with E-state index in [1.807, 2.05) is 37.3 Å². The van der Waals surface area contributed by atoms with Gasteiger partial charge >= 0.3 is 0 Å². The molecule has 0 aromatic rings. The zero-order valence-corrected chi connectivity index (χ0v) is 7.38. The minimum absolute atomic E-state index is 1.06. The van der Waals surface area contributed by atoms with Crippen LogP contribution in [0.4, 0.5) is 0 Å². The molecule has 0 rings (SSSR count). The predicted molar refractivity (Wildman–Crippen MR) is 52.5 cm³/mol. The normalized spacial score (nSPS) is 13.1. The topological polar surface area (TPSA) is 0 Å². The van der Waals surface area contributed by atoms with Crippen molar-refractivity contribution in [2.24, 2.45) is 0 Å². The second kappa shape index (κ2) is 7.07. The summed E-state index contributed by atoms with van der Waals surface area (Å²) in [5.74, 6) is 0. The van der Waals surface area contributed by atoms with Gasteiger partial charge in [0.2, 0.25) is 0 Å². The lowest BCUT2D eigenvalue weighted by atomic mass is 10.2. The van der Waals surface area contributed by atoms with E-state index in [0.717, 1.165) is 6.42 Å². The fraction of sp³-hybridized carbons (Fsp3) is 0.273. The van der Waals surface area contributed by atoms with Crippen LogP contribution in [0, 0.1) is 0 Å². The van der Waals surface area contributed by atoms with E-state index >= 15 is 0 Å². The molecule has 0 amide bonds. The van der Waals surface area contributed by atoms with Gasteiger partial charge in [0.25, 0.3) is 0 Å². The summed E-state index contributed by atoms with van der Waals surface area (Å²) >= 11 is 0. The van der Waals surface area contributed by atoms with E-state index in [0.29, 0.717) is 0 Å². The molecule has 0 heterocycles. The average Bonchev–Trinajstić information content (AvgIpc) is 2.03. The highest BCUT2D eigenvalue weighted by molar-refractivity contribution is 5.24. The maximum Gasteiger partial charge on any atom is -0.0307 e. The zero-order valence-electron chi connectivity index (χ0n) is 7.38. The van der Waals surface area contributed by atoms with Crippen LogP contribution in [0.3, 0.4) is 0 Å². The maximum absolute atomic E-state index is 3.65. The third-order valence-electron chi connectivity index (χ3n) is 1.35. The molecule has 0 aliphatic carbocycles. The number of allylic oxidation sites excluding steroid dienone is 7. The van der Waals surface area contributed by atoms with Crippen LogP contribution in [-0.4, -0.2) is 0 Å². The van der Waals surface area contributed by atoms with Crippen LogP contribution < -0.4 is 0 Å². The summed E-state index contributed by atoms with van der Waals surface area (Å²) in [6.07, 6.45) is 13.1. The molecular weight excluding hydrogens is 132 g/mol. The molecule has 0 atom stereocenters. The number of hydrogen-bond donors (Lipinski definition) is 0. The molecule has 0 fully saturated rings. The van der Waals surface area contributed by atoms with Crippen molar-refractivity contribution in [2.45, 2.75) is 20.3 Å². The Hall–Kier alpha value is -1.04. The van der Waals surface area contributed by atoms with Gasteiger partial charge in [-0.05, 0) is 18.9 Å². The first kappa shape index (κ1) is 9.96. The lowest BCUT2D eigenvalue weighted by Gasteiger charge is -1.91. The molecule has 0 N–H and O–H groups in total. The lowest BCUT2D eigenvalue weighted by Crippen LogP contribution is -1.71. The summed E-state index contributed by atoms with van der Waals surface area (Å²) < 4.78 is 0. The van der Waals surface area contributed by atoms with Crippen LogP contribution in [0.2, 0.25) is 0 Å². The molecule has 0 radical (unpaired) electrons. The van der Waals surface area contributed by atoms with Crippen LogP contribution in [-0.2, 0) is 0 Å². The van der Waals surface area contributed by atoms with Crippen molar-refractivity contribution >= 4 is 0 Å². The van der Waals surface area contributed by atoms with Crippen molar-refractivity contribution in [3.8, 4) is 0 Å². The smallest absolute Gasteiger partial charge is 0.0307 e. The van der Waals surface area contributed by atoms with E-state index in [2.05, 4.69) is 19.6 Å². The molecule has 0 aliphatic heterocycles. The van der Waals surface area contributed by atoms with E-state index in [1.165, 1.54) is 5.57 Å². The fourth-order valence-corrected chi connectivity index (χ4v) is 0.733. The van der Waals surface area contributed by atoms with Gasteiger partial charge in [-0.2, -0.15) is 0 Å².